The number of hydrogen-bond acceptors (Lipinski definition) is 2. The Labute approximate surface area is 151 Å². The summed E-state index contributed by atoms with van der Waals surface area (Å²) >= 11 is 0. The van der Waals surface area contributed by atoms with Gasteiger partial charge in [-0.3, -0.25) is 4.90 Å². The fourth-order valence-corrected chi connectivity index (χ4v) is 5.40. The lowest BCUT2D eigenvalue weighted by Gasteiger charge is -2.55. The molecule has 1 saturated carbocycles. The van der Waals surface area contributed by atoms with Gasteiger partial charge in [0.15, 0.2) is 0 Å². The number of rotatable bonds is 4. The zero-order valence-electron chi connectivity index (χ0n) is 15.2. The smallest absolute Gasteiger partial charge is 0.115 e. The van der Waals surface area contributed by atoms with Crippen molar-refractivity contribution in [1.29, 1.82) is 0 Å². The van der Waals surface area contributed by atoms with Crippen molar-refractivity contribution in [2.45, 2.75) is 50.5 Å². The van der Waals surface area contributed by atoms with E-state index in [0.29, 0.717) is 17.7 Å². The van der Waals surface area contributed by atoms with Crippen molar-refractivity contribution < 1.29 is 5.11 Å². The van der Waals surface area contributed by atoms with E-state index in [4.69, 9.17) is 0 Å². The summed E-state index contributed by atoms with van der Waals surface area (Å²) < 4.78 is 0. The molecule has 2 fully saturated rings. The van der Waals surface area contributed by atoms with Crippen LogP contribution in [0, 0.1) is 5.92 Å². The summed E-state index contributed by atoms with van der Waals surface area (Å²) in [6.07, 6.45) is 6.23. The van der Waals surface area contributed by atoms with Crippen molar-refractivity contribution in [2.75, 3.05) is 13.1 Å². The minimum atomic E-state index is 0.255. The Morgan fingerprint density at radius 2 is 1.92 bits per heavy atom. The van der Waals surface area contributed by atoms with E-state index in [-0.39, 0.29) is 5.41 Å². The van der Waals surface area contributed by atoms with Gasteiger partial charge >= 0.3 is 0 Å². The molecule has 1 saturated heterocycles. The number of piperidine rings is 1. The molecule has 2 aromatic carbocycles. The summed E-state index contributed by atoms with van der Waals surface area (Å²) in [5, 5.41) is 9.98. The van der Waals surface area contributed by atoms with Crippen molar-refractivity contribution in [3.8, 4) is 5.75 Å². The molecule has 2 aliphatic rings. The topological polar surface area (TPSA) is 23.5 Å². The maximum atomic E-state index is 9.98. The van der Waals surface area contributed by atoms with Crippen LogP contribution >= 0.6 is 0 Å². The first-order valence-corrected chi connectivity index (χ1v) is 9.76. The van der Waals surface area contributed by atoms with Gasteiger partial charge in [0.25, 0.3) is 0 Å². The van der Waals surface area contributed by atoms with Crippen LogP contribution in [0.3, 0.4) is 0 Å². The van der Waals surface area contributed by atoms with Crippen LogP contribution in [-0.4, -0.2) is 29.1 Å². The summed E-state index contributed by atoms with van der Waals surface area (Å²) in [6.45, 7) is 4.79. The highest BCUT2D eigenvalue weighted by atomic mass is 16.3. The predicted octanol–water partition coefficient (Wildman–Crippen LogP) is 4.77. The monoisotopic (exact) mass is 335 g/mol. The molecule has 0 unspecified atom stereocenters. The average Bonchev–Trinajstić information content (AvgIpc) is 2.62. The van der Waals surface area contributed by atoms with E-state index < -0.39 is 0 Å². The first kappa shape index (κ1) is 16.7. The van der Waals surface area contributed by atoms with Gasteiger partial charge in [-0.15, -0.1) is 0 Å². The molecule has 2 aromatic rings. The highest BCUT2D eigenvalue weighted by Crippen LogP contribution is 2.51. The molecule has 4 rings (SSSR count). The zero-order valence-corrected chi connectivity index (χ0v) is 15.2. The standard InChI is InChI=1S/C23H29NO/c1-18-22-11-6-13-23(18,20-9-5-10-21(25)17-20)14-16-24(22)15-12-19-7-3-2-4-8-19/h2-5,7-10,17-18,22,25H,6,11-16H2,1H3/t18-,22+,23+/m1/s1. The van der Waals surface area contributed by atoms with Gasteiger partial charge in [-0.2, -0.15) is 0 Å². The fraction of sp³-hybridized carbons (Fsp3) is 0.478. The largest absolute Gasteiger partial charge is 0.508 e. The average molecular weight is 335 g/mol. The quantitative estimate of drug-likeness (QED) is 0.870. The fourth-order valence-electron chi connectivity index (χ4n) is 5.40. The lowest BCUT2D eigenvalue weighted by molar-refractivity contribution is -0.00242. The minimum Gasteiger partial charge on any atom is -0.508 e. The molecule has 1 N–H and O–H groups in total. The van der Waals surface area contributed by atoms with Crippen LogP contribution in [0.5, 0.6) is 5.75 Å². The van der Waals surface area contributed by atoms with Crippen LogP contribution in [0.4, 0.5) is 0 Å². The van der Waals surface area contributed by atoms with Crippen LogP contribution in [0.15, 0.2) is 54.6 Å². The summed E-state index contributed by atoms with van der Waals surface area (Å²) in [5.74, 6) is 1.06. The van der Waals surface area contributed by atoms with Gasteiger partial charge in [-0.1, -0.05) is 55.8 Å². The van der Waals surface area contributed by atoms with Gasteiger partial charge < -0.3 is 5.11 Å². The number of fused-ring (bicyclic) bond motifs is 2. The Morgan fingerprint density at radius 1 is 1.08 bits per heavy atom. The van der Waals surface area contributed by atoms with Crippen LogP contribution in [0.1, 0.15) is 43.7 Å². The van der Waals surface area contributed by atoms with Crippen LogP contribution in [-0.2, 0) is 11.8 Å². The van der Waals surface area contributed by atoms with E-state index in [1.165, 1.54) is 43.4 Å². The second-order valence-corrected chi connectivity index (χ2v) is 7.98. The molecular weight excluding hydrogens is 306 g/mol. The summed E-state index contributed by atoms with van der Waals surface area (Å²) in [7, 11) is 0. The number of likely N-dealkylation sites (tertiary alicyclic amines) is 1. The van der Waals surface area contributed by atoms with E-state index >= 15 is 0 Å². The van der Waals surface area contributed by atoms with Gasteiger partial charge in [0, 0.05) is 18.0 Å². The van der Waals surface area contributed by atoms with E-state index in [2.05, 4.69) is 48.2 Å². The SMILES string of the molecule is C[C@@H]1[C@@H]2CCC[C@]1(c1cccc(O)c1)CCN2CCc1ccccc1. The highest BCUT2D eigenvalue weighted by Gasteiger charge is 2.49. The highest BCUT2D eigenvalue weighted by molar-refractivity contribution is 5.35. The lowest BCUT2D eigenvalue weighted by atomic mass is 9.57. The maximum absolute atomic E-state index is 9.98. The summed E-state index contributed by atoms with van der Waals surface area (Å²) in [6, 6.07) is 19.6. The normalized spacial score (nSPS) is 29.5. The molecule has 132 valence electrons. The molecule has 2 heteroatoms. The minimum absolute atomic E-state index is 0.255. The molecule has 25 heavy (non-hydrogen) atoms. The second-order valence-electron chi connectivity index (χ2n) is 7.98. The number of benzene rings is 2. The van der Waals surface area contributed by atoms with Gasteiger partial charge in [-0.25, -0.2) is 0 Å². The van der Waals surface area contributed by atoms with E-state index in [1.54, 1.807) is 6.07 Å². The van der Waals surface area contributed by atoms with Gasteiger partial charge in [0.05, 0.1) is 0 Å². The Bertz CT molecular complexity index is 713. The van der Waals surface area contributed by atoms with Crippen molar-refractivity contribution in [2.24, 2.45) is 5.92 Å². The van der Waals surface area contributed by atoms with Crippen LogP contribution in [0.2, 0.25) is 0 Å². The van der Waals surface area contributed by atoms with Crippen molar-refractivity contribution in [3.05, 3.63) is 65.7 Å². The molecule has 2 bridgehead atoms. The Kier molecular flexibility index (Phi) is 4.56. The van der Waals surface area contributed by atoms with E-state index in [1.807, 2.05) is 12.1 Å². The number of phenols is 1. The van der Waals surface area contributed by atoms with Crippen molar-refractivity contribution >= 4 is 0 Å². The molecule has 3 atom stereocenters. The molecule has 0 spiro atoms. The molecule has 0 amide bonds. The first-order valence-electron chi connectivity index (χ1n) is 9.76. The molecule has 1 aliphatic carbocycles. The Balaban J connectivity index is 1.52. The maximum Gasteiger partial charge on any atom is 0.115 e. The third kappa shape index (κ3) is 3.08. The number of aromatic hydroxyl groups is 1. The third-order valence-electron chi connectivity index (χ3n) is 6.84. The van der Waals surface area contributed by atoms with Crippen LogP contribution < -0.4 is 0 Å². The lowest BCUT2D eigenvalue weighted by Crippen LogP contribution is -2.58. The molecule has 0 radical (unpaired) electrons. The molecule has 0 aromatic heterocycles. The molecular formula is C23H29NO. The van der Waals surface area contributed by atoms with Crippen LogP contribution in [0.25, 0.3) is 0 Å². The van der Waals surface area contributed by atoms with E-state index in [9.17, 15) is 5.11 Å². The molecule has 1 aliphatic heterocycles. The van der Waals surface area contributed by atoms with Gasteiger partial charge in [0.2, 0.25) is 0 Å². The zero-order chi connectivity index (χ0) is 17.3. The molecule has 2 nitrogen and oxygen atoms in total. The molecule has 1 heterocycles. The summed E-state index contributed by atoms with van der Waals surface area (Å²) in [4.78, 5) is 2.73. The second kappa shape index (κ2) is 6.84. The third-order valence-corrected chi connectivity index (χ3v) is 6.84. The van der Waals surface area contributed by atoms with Crippen molar-refractivity contribution in [1.82, 2.24) is 4.90 Å². The Morgan fingerprint density at radius 3 is 2.72 bits per heavy atom. The van der Waals surface area contributed by atoms with Gasteiger partial charge in [-0.05, 0) is 61.4 Å². The number of nitrogens with zero attached hydrogens (tertiary/aromatic N) is 1. The Hall–Kier alpha value is -1.80. The van der Waals surface area contributed by atoms with E-state index in [0.717, 1.165) is 13.0 Å². The summed E-state index contributed by atoms with van der Waals surface area (Å²) in [5.41, 5.74) is 3.05. The predicted molar refractivity (Wildman–Crippen MR) is 103 cm³/mol. The van der Waals surface area contributed by atoms with Crippen molar-refractivity contribution in [3.63, 3.8) is 0 Å². The number of phenolic OH excluding ortho intramolecular Hbond substituents is 1. The van der Waals surface area contributed by atoms with Gasteiger partial charge in [0.1, 0.15) is 5.75 Å². The number of hydrogen-bond donors (Lipinski definition) is 1. The first-order chi connectivity index (χ1) is 12.2.